The van der Waals surface area contributed by atoms with Crippen LogP contribution >= 0.6 is 0 Å². The molecule has 26 atom stereocenters. The molecule has 7 rings (SSSR count). The SMILES string of the molecule is CC[C@H]1OC(=O)[C@H](C)[C@@H](O[C@@H]2C[C@](C)(OC)[C@H](O)C(C)O2)[C@H](C)[C@@H](O[C@@H]2O[C@H](C)C[C@@H](N(C)C)[C@H]2O)[C@](C)(O)C[C@@H](C)CN(CCCNC(=O)[C@@]2(O)[C@H](C)CC3C4CC=C5CC(=O)C=C[C@]5(C)[C@@]4(F)[C@@H](O)C[C@@]32C)[C@H](C)[C@@H](O)[C@]1(C)O. The number of likely N-dealkylation sites (N-methyl/N-ethyl adjacent to an activating group) is 1. The fraction of sp³-hybridized carbons (Fsp3) is 0.885. The number of methoxy groups -OCH3 is 1. The summed E-state index contributed by atoms with van der Waals surface area (Å²) in [5.41, 5.74) is -10.7. The number of allylic oxidation sites excluding steroid dienone is 4. The normalized spacial score (nSPS) is 50.3. The molecule has 7 aliphatic rings. The van der Waals surface area contributed by atoms with Crippen LogP contribution in [0.1, 0.15) is 148 Å². The largest absolute Gasteiger partial charge is 0.459 e. The number of amides is 1. The molecule has 0 aromatic rings. The second-order valence-electron chi connectivity index (χ2n) is 27.5. The van der Waals surface area contributed by atoms with E-state index in [2.05, 4.69) is 5.32 Å². The van der Waals surface area contributed by atoms with Gasteiger partial charge in [0.25, 0.3) is 5.91 Å². The summed E-state index contributed by atoms with van der Waals surface area (Å²) >= 11 is 0. The molecule has 0 spiro atoms. The minimum absolute atomic E-state index is 0.0641. The van der Waals surface area contributed by atoms with E-state index in [0.29, 0.717) is 24.8 Å². The molecule has 81 heavy (non-hydrogen) atoms. The number of fused-ring (bicyclic) bond motifs is 5. The van der Waals surface area contributed by atoms with Gasteiger partial charge in [-0.3, -0.25) is 19.3 Å². The first-order chi connectivity index (χ1) is 37.5. The number of halogens is 1. The van der Waals surface area contributed by atoms with E-state index in [1.54, 1.807) is 75.3 Å². The van der Waals surface area contributed by atoms with Gasteiger partial charge in [0.2, 0.25) is 0 Å². The number of carbonyl (C=O) groups is 3. The molecule has 8 N–H and O–H groups in total. The van der Waals surface area contributed by atoms with Crippen molar-refractivity contribution in [2.45, 2.75) is 255 Å². The van der Waals surface area contributed by atoms with E-state index in [-0.39, 0.29) is 82.0 Å². The number of hydrogen-bond donors (Lipinski definition) is 8. The molecule has 4 aliphatic carbocycles. The Morgan fingerprint density at radius 2 is 1.57 bits per heavy atom. The summed E-state index contributed by atoms with van der Waals surface area (Å²) in [5, 5.41) is 88.4. The van der Waals surface area contributed by atoms with Crippen LogP contribution in [0.15, 0.2) is 23.8 Å². The Bertz CT molecular complexity index is 2310. The molecule has 3 saturated heterocycles. The fourth-order valence-electron chi connectivity index (χ4n) is 16.5. The Kier molecular flexibility index (Phi) is 19.8. The Morgan fingerprint density at radius 1 is 0.901 bits per heavy atom. The van der Waals surface area contributed by atoms with Crippen molar-refractivity contribution in [3.8, 4) is 0 Å². The number of cyclic esters (lactones) is 1. The van der Waals surface area contributed by atoms with Crippen molar-refractivity contribution in [2.24, 2.45) is 46.3 Å². The third-order valence-corrected chi connectivity index (χ3v) is 21.5. The van der Waals surface area contributed by atoms with Gasteiger partial charge in [0, 0.05) is 74.3 Å². The zero-order valence-electron chi connectivity index (χ0n) is 51.3. The molecule has 3 heterocycles. The number of ketones is 1. The topological polar surface area (TPSA) is 267 Å². The zero-order chi connectivity index (χ0) is 60.5. The third kappa shape index (κ3) is 11.8. The number of esters is 1. The first-order valence-corrected chi connectivity index (χ1v) is 30.1. The predicted octanol–water partition coefficient (Wildman–Crippen LogP) is 4.13. The van der Waals surface area contributed by atoms with E-state index in [4.69, 9.17) is 28.4 Å². The predicted molar refractivity (Wildman–Crippen MR) is 299 cm³/mol. The molecule has 0 aromatic heterocycles. The monoisotopic (exact) mass is 1150 g/mol. The number of aliphatic hydroxyl groups is 7. The lowest BCUT2D eigenvalue weighted by atomic mass is 9.45. The van der Waals surface area contributed by atoms with Gasteiger partial charge < -0.3 is 74.4 Å². The maximum Gasteiger partial charge on any atom is 0.311 e. The van der Waals surface area contributed by atoms with Crippen LogP contribution in [0, 0.1) is 46.3 Å². The van der Waals surface area contributed by atoms with Crippen molar-refractivity contribution in [2.75, 3.05) is 40.8 Å². The van der Waals surface area contributed by atoms with Crippen molar-refractivity contribution < 1.29 is 82.9 Å². The highest BCUT2D eigenvalue weighted by molar-refractivity contribution is 5.93. The van der Waals surface area contributed by atoms with Gasteiger partial charge in [-0.05, 0) is 138 Å². The average Bonchev–Trinajstić information content (AvgIpc) is 2.79. The molecule has 3 unspecified atom stereocenters. The van der Waals surface area contributed by atoms with E-state index in [0.717, 1.165) is 0 Å². The first kappa shape index (κ1) is 66.0. The number of alkyl halides is 1. The molecule has 0 aromatic carbocycles. The lowest BCUT2D eigenvalue weighted by molar-refractivity contribution is -0.318. The lowest BCUT2D eigenvalue weighted by Crippen LogP contribution is -2.69. The van der Waals surface area contributed by atoms with Crippen LogP contribution in [-0.2, 0) is 42.8 Å². The minimum atomic E-state index is -2.13. The van der Waals surface area contributed by atoms with Gasteiger partial charge in [-0.25, -0.2) is 4.39 Å². The van der Waals surface area contributed by atoms with Gasteiger partial charge >= 0.3 is 5.97 Å². The second-order valence-corrected chi connectivity index (χ2v) is 27.5. The van der Waals surface area contributed by atoms with Gasteiger partial charge in [-0.2, -0.15) is 0 Å². The van der Waals surface area contributed by atoms with Gasteiger partial charge in [-0.1, -0.05) is 52.3 Å². The summed E-state index contributed by atoms with van der Waals surface area (Å²) in [7, 11) is 5.20. The smallest absolute Gasteiger partial charge is 0.311 e. The number of rotatable bonds is 12. The maximum atomic E-state index is 17.9. The number of nitrogens with zero attached hydrogens (tertiary/aromatic N) is 2. The second kappa shape index (κ2) is 24.3. The summed E-state index contributed by atoms with van der Waals surface area (Å²) < 4.78 is 56.2. The van der Waals surface area contributed by atoms with Crippen LogP contribution in [-0.4, -0.2) is 212 Å². The third-order valence-electron chi connectivity index (χ3n) is 21.5. The zero-order valence-corrected chi connectivity index (χ0v) is 51.3. The maximum absolute atomic E-state index is 17.9. The highest BCUT2D eigenvalue weighted by Crippen LogP contribution is 2.70. The van der Waals surface area contributed by atoms with E-state index in [9.17, 15) is 50.1 Å². The number of nitrogens with one attached hydrogen (secondary N) is 1. The lowest BCUT2D eigenvalue weighted by Gasteiger charge is -2.61. The Balaban J connectivity index is 1.16. The van der Waals surface area contributed by atoms with E-state index < -0.39 is 148 Å². The number of hydrogen-bond acceptors (Lipinski definition) is 18. The number of ether oxygens (including phenoxy) is 6. The van der Waals surface area contributed by atoms with Crippen molar-refractivity contribution in [3.05, 3.63) is 23.8 Å². The van der Waals surface area contributed by atoms with Crippen molar-refractivity contribution in [1.82, 2.24) is 15.1 Å². The van der Waals surface area contributed by atoms with Gasteiger partial charge in [-0.15, -0.1) is 0 Å². The molecule has 19 nitrogen and oxygen atoms in total. The van der Waals surface area contributed by atoms with Crippen molar-refractivity contribution >= 4 is 17.7 Å². The molecule has 464 valence electrons. The van der Waals surface area contributed by atoms with E-state index in [1.165, 1.54) is 20.1 Å². The van der Waals surface area contributed by atoms with Crippen molar-refractivity contribution in [1.29, 1.82) is 0 Å². The fourth-order valence-corrected chi connectivity index (χ4v) is 16.5. The molecule has 20 heteroatoms. The average molecular weight is 1150 g/mol. The Hall–Kier alpha value is -2.54. The number of carbonyl (C=O) groups excluding carboxylic acids is 3. The van der Waals surface area contributed by atoms with Crippen LogP contribution in [0.2, 0.25) is 0 Å². The molecule has 5 fully saturated rings. The highest BCUT2D eigenvalue weighted by atomic mass is 19.1. The summed E-state index contributed by atoms with van der Waals surface area (Å²) in [6.07, 6.45) is -5.64. The molecule has 2 saturated carbocycles. The number of aliphatic hydroxyl groups excluding tert-OH is 4. The molecular formula is C61H102FN3O16. The summed E-state index contributed by atoms with van der Waals surface area (Å²) in [5.74, 6) is -5.69. The highest BCUT2D eigenvalue weighted by Gasteiger charge is 2.75. The molecule has 1 amide bonds. The van der Waals surface area contributed by atoms with Crippen LogP contribution in [0.25, 0.3) is 0 Å². The van der Waals surface area contributed by atoms with E-state index in [1.807, 2.05) is 43.8 Å². The van der Waals surface area contributed by atoms with E-state index >= 15 is 4.39 Å². The summed E-state index contributed by atoms with van der Waals surface area (Å²) in [4.78, 5) is 45.6. The summed E-state index contributed by atoms with van der Waals surface area (Å²) in [6.45, 7) is 23.1. The van der Waals surface area contributed by atoms with Crippen LogP contribution in [0.4, 0.5) is 4.39 Å². The molecule has 0 bridgehead atoms. The minimum Gasteiger partial charge on any atom is -0.459 e. The van der Waals surface area contributed by atoms with Gasteiger partial charge in [0.05, 0.1) is 47.6 Å². The quantitative estimate of drug-likeness (QED) is 0.0776. The van der Waals surface area contributed by atoms with Gasteiger partial charge in [0.1, 0.15) is 30.0 Å². The standard InChI is InChI=1S/C61H102FN3O16/c1-17-45-59(13,74)49(69)37(7)65(24-18-23-63-54(72)61(75)33(3)25-42-41-20-19-39-27-40(66)21-22-55(39,9)60(41,62)44(67)29-56(42,61)10)31-32(2)28-57(11,73)51(81-53-47(68)43(64(14)15)26-34(4)77-53)35(5)48(36(6)52(71)79-45)80-46-30-58(12,76-16)50(70)38(8)78-46/h19,21-22,32-38,41-51,53,67-70,73-75H,17-18,20,23-31H2,1-16H3,(H,63,72)/t32-,33-,34-,35+,36-,37-,38?,41?,42?,43-,44+,45-,46-,47-,48+,49-,50-,51-,53+,55+,56+,57-,58+,59-,60+,61+/m1/s1. The molecule has 3 aliphatic heterocycles. The van der Waals surface area contributed by atoms with Gasteiger partial charge in [0.15, 0.2) is 29.6 Å². The van der Waals surface area contributed by atoms with Crippen LogP contribution in [0.3, 0.4) is 0 Å². The molecule has 0 radical (unpaired) electrons. The Morgan fingerprint density at radius 3 is 2.20 bits per heavy atom. The molecular weight excluding hydrogens is 1050 g/mol. The van der Waals surface area contributed by atoms with Crippen LogP contribution < -0.4 is 5.32 Å². The van der Waals surface area contributed by atoms with Crippen molar-refractivity contribution in [3.63, 3.8) is 0 Å². The van der Waals surface area contributed by atoms with Crippen LogP contribution in [0.5, 0.6) is 0 Å². The first-order valence-electron chi connectivity index (χ1n) is 30.1. The Labute approximate surface area is 480 Å². The summed E-state index contributed by atoms with van der Waals surface area (Å²) in [6, 6.07) is -1.17.